The second-order valence-electron chi connectivity index (χ2n) is 5.74. The lowest BCUT2D eigenvalue weighted by Crippen LogP contribution is -2.09. The van der Waals surface area contributed by atoms with Crippen molar-refractivity contribution in [1.82, 2.24) is 20.1 Å². The third kappa shape index (κ3) is 3.23. The summed E-state index contributed by atoms with van der Waals surface area (Å²) in [5.74, 6) is 0.418. The Morgan fingerprint density at radius 1 is 0.885 bits per heavy atom. The molecule has 0 bridgehead atoms. The average Bonchev–Trinajstić information content (AvgIpc) is 3.09. The molecule has 128 valence electrons. The summed E-state index contributed by atoms with van der Waals surface area (Å²) in [5.41, 5.74) is 3.54. The highest BCUT2D eigenvalue weighted by Crippen LogP contribution is 2.29. The summed E-state index contributed by atoms with van der Waals surface area (Å²) in [7, 11) is 0. The van der Waals surface area contributed by atoms with Gasteiger partial charge in [0.25, 0.3) is 5.56 Å². The van der Waals surface area contributed by atoms with Crippen molar-refractivity contribution in [1.29, 1.82) is 0 Å². The topological polar surface area (TPSA) is 105 Å². The number of aromatic amines is 2. The zero-order valence-electron chi connectivity index (χ0n) is 13.6. The predicted octanol–water partition coefficient (Wildman–Crippen LogP) is 2.37. The van der Waals surface area contributed by atoms with E-state index in [1.165, 1.54) is 12.3 Å². The van der Waals surface area contributed by atoms with Crippen LogP contribution in [0.15, 0.2) is 74.9 Å². The molecule has 4 aromatic rings. The highest BCUT2D eigenvalue weighted by molar-refractivity contribution is 5.80. The molecular weight excluding hydrogens is 332 g/mol. The van der Waals surface area contributed by atoms with E-state index < -0.39 is 5.76 Å². The van der Waals surface area contributed by atoms with Gasteiger partial charge in [-0.15, -0.1) is 0 Å². The molecule has 0 aliphatic heterocycles. The van der Waals surface area contributed by atoms with Crippen molar-refractivity contribution in [3.05, 3.63) is 93.1 Å². The number of aromatic nitrogens is 4. The first-order chi connectivity index (χ1) is 12.7. The largest absolute Gasteiger partial charge is 0.439 e. The van der Waals surface area contributed by atoms with Gasteiger partial charge in [-0.2, -0.15) is 0 Å². The molecule has 0 fully saturated rings. The van der Waals surface area contributed by atoms with Crippen LogP contribution >= 0.6 is 0 Å². The second kappa shape index (κ2) is 6.64. The van der Waals surface area contributed by atoms with Gasteiger partial charge in [0, 0.05) is 24.2 Å². The summed E-state index contributed by atoms with van der Waals surface area (Å²) >= 11 is 0. The second-order valence-corrected chi connectivity index (χ2v) is 5.74. The molecule has 7 nitrogen and oxygen atoms in total. The van der Waals surface area contributed by atoms with Crippen molar-refractivity contribution < 1.29 is 4.52 Å². The van der Waals surface area contributed by atoms with Gasteiger partial charge in [0.05, 0.1) is 0 Å². The SMILES string of the molecule is O=c1ccnc(Cc2ccc(-c3ccccc3-c3noc(=O)[nH]3)cc2)[nH]1. The summed E-state index contributed by atoms with van der Waals surface area (Å²) in [4.78, 5) is 32.1. The lowest BCUT2D eigenvalue weighted by molar-refractivity contribution is 0.388. The molecule has 0 aliphatic rings. The first-order valence-electron chi connectivity index (χ1n) is 7.98. The smallest absolute Gasteiger partial charge is 0.310 e. The van der Waals surface area contributed by atoms with Crippen molar-refractivity contribution in [2.24, 2.45) is 0 Å². The summed E-state index contributed by atoms with van der Waals surface area (Å²) in [6.07, 6.45) is 2.03. The van der Waals surface area contributed by atoms with E-state index in [4.69, 9.17) is 0 Å². The number of H-pyrrole nitrogens is 2. The molecule has 26 heavy (non-hydrogen) atoms. The van der Waals surface area contributed by atoms with Crippen molar-refractivity contribution in [2.75, 3.05) is 0 Å². The maximum atomic E-state index is 11.4. The number of nitrogens with zero attached hydrogens (tertiary/aromatic N) is 2. The van der Waals surface area contributed by atoms with Crippen LogP contribution in [0.4, 0.5) is 0 Å². The predicted molar refractivity (Wildman–Crippen MR) is 95.7 cm³/mol. The number of benzene rings is 2. The van der Waals surface area contributed by atoms with Crippen LogP contribution in [0.2, 0.25) is 0 Å². The van der Waals surface area contributed by atoms with Gasteiger partial charge in [-0.25, -0.2) is 9.78 Å². The first-order valence-corrected chi connectivity index (χ1v) is 7.98. The Labute approximate surface area is 147 Å². The maximum Gasteiger partial charge on any atom is 0.439 e. The number of nitrogens with one attached hydrogen (secondary N) is 2. The van der Waals surface area contributed by atoms with Gasteiger partial charge in [-0.05, 0) is 16.7 Å². The minimum atomic E-state index is -0.588. The third-order valence-corrected chi connectivity index (χ3v) is 3.98. The zero-order valence-corrected chi connectivity index (χ0v) is 13.6. The van der Waals surface area contributed by atoms with Crippen LogP contribution in [0.3, 0.4) is 0 Å². The van der Waals surface area contributed by atoms with Crippen molar-refractivity contribution in [3.63, 3.8) is 0 Å². The molecule has 2 heterocycles. The molecule has 0 spiro atoms. The molecule has 0 atom stereocenters. The van der Waals surface area contributed by atoms with E-state index in [-0.39, 0.29) is 5.56 Å². The fourth-order valence-electron chi connectivity index (χ4n) is 2.78. The molecule has 4 rings (SSSR count). The number of hydrogen-bond donors (Lipinski definition) is 2. The highest BCUT2D eigenvalue weighted by atomic mass is 16.5. The quantitative estimate of drug-likeness (QED) is 0.590. The van der Waals surface area contributed by atoms with Gasteiger partial charge < -0.3 is 4.98 Å². The maximum absolute atomic E-state index is 11.4. The van der Waals surface area contributed by atoms with E-state index in [1.807, 2.05) is 48.5 Å². The first kappa shape index (κ1) is 15.8. The Morgan fingerprint density at radius 3 is 2.35 bits per heavy atom. The normalized spacial score (nSPS) is 10.8. The summed E-state index contributed by atoms with van der Waals surface area (Å²) < 4.78 is 4.61. The van der Waals surface area contributed by atoms with E-state index in [2.05, 4.69) is 24.6 Å². The van der Waals surface area contributed by atoms with E-state index in [0.29, 0.717) is 18.1 Å². The minimum absolute atomic E-state index is 0.165. The fourth-order valence-corrected chi connectivity index (χ4v) is 2.78. The van der Waals surface area contributed by atoms with Crippen LogP contribution in [0.25, 0.3) is 22.5 Å². The standard InChI is InChI=1S/C19H14N4O3/c24-17-9-10-20-16(21-17)11-12-5-7-13(8-6-12)14-3-1-2-4-15(14)18-22-19(25)26-23-18/h1-10H,11H2,(H,20,21,24)(H,22,23,25). The Morgan fingerprint density at radius 2 is 1.65 bits per heavy atom. The Bertz CT molecular complexity index is 1160. The average molecular weight is 346 g/mol. The molecule has 0 radical (unpaired) electrons. The van der Waals surface area contributed by atoms with Crippen LogP contribution in [0.5, 0.6) is 0 Å². The van der Waals surface area contributed by atoms with Gasteiger partial charge >= 0.3 is 5.76 Å². The summed E-state index contributed by atoms with van der Waals surface area (Å²) in [6, 6.07) is 16.9. The van der Waals surface area contributed by atoms with Crippen molar-refractivity contribution in [3.8, 4) is 22.5 Å². The van der Waals surface area contributed by atoms with Crippen LogP contribution in [-0.4, -0.2) is 20.1 Å². The van der Waals surface area contributed by atoms with Crippen molar-refractivity contribution >= 4 is 0 Å². The lowest BCUT2D eigenvalue weighted by atomic mass is 9.98. The van der Waals surface area contributed by atoms with E-state index in [0.717, 1.165) is 22.3 Å². The van der Waals surface area contributed by atoms with E-state index in [1.54, 1.807) is 0 Å². The molecule has 2 aromatic carbocycles. The minimum Gasteiger partial charge on any atom is -0.310 e. The van der Waals surface area contributed by atoms with Gasteiger partial charge in [-0.3, -0.25) is 14.3 Å². The molecule has 0 unspecified atom stereocenters. The summed E-state index contributed by atoms with van der Waals surface area (Å²) in [5, 5.41) is 3.77. The van der Waals surface area contributed by atoms with Crippen LogP contribution < -0.4 is 11.3 Å². The van der Waals surface area contributed by atoms with Crippen LogP contribution in [-0.2, 0) is 6.42 Å². The number of hydrogen-bond acceptors (Lipinski definition) is 5. The highest BCUT2D eigenvalue weighted by Gasteiger charge is 2.11. The lowest BCUT2D eigenvalue weighted by Gasteiger charge is -2.08. The molecule has 2 N–H and O–H groups in total. The monoisotopic (exact) mass is 346 g/mol. The Kier molecular flexibility index (Phi) is 4.03. The third-order valence-electron chi connectivity index (χ3n) is 3.98. The molecule has 0 amide bonds. The fraction of sp³-hybridized carbons (Fsp3) is 0.0526. The Balaban J connectivity index is 1.65. The zero-order chi connectivity index (χ0) is 17.9. The molecule has 0 saturated heterocycles. The molecule has 0 saturated carbocycles. The summed E-state index contributed by atoms with van der Waals surface area (Å²) in [6.45, 7) is 0. The number of rotatable bonds is 4. The van der Waals surface area contributed by atoms with Gasteiger partial charge in [-0.1, -0.05) is 53.7 Å². The molecule has 2 aromatic heterocycles. The Hall–Kier alpha value is -3.74. The van der Waals surface area contributed by atoms with E-state index in [9.17, 15) is 9.59 Å². The van der Waals surface area contributed by atoms with Gasteiger partial charge in [0.2, 0.25) is 0 Å². The van der Waals surface area contributed by atoms with Crippen LogP contribution in [0, 0.1) is 0 Å². The van der Waals surface area contributed by atoms with Crippen LogP contribution in [0.1, 0.15) is 11.4 Å². The van der Waals surface area contributed by atoms with Gasteiger partial charge in [0.1, 0.15) is 5.82 Å². The molecule has 7 heteroatoms. The van der Waals surface area contributed by atoms with Gasteiger partial charge in [0.15, 0.2) is 5.82 Å². The molecular formula is C19H14N4O3. The van der Waals surface area contributed by atoms with Crippen molar-refractivity contribution in [2.45, 2.75) is 6.42 Å². The van der Waals surface area contributed by atoms with E-state index >= 15 is 0 Å². The molecule has 0 aliphatic carbocycles.